The first-order valence-electron chi connectivity index (χ1n) is 8.42. The van der Waals surface area contributed by atoms with Crippen molar-refractivity contribution in [3.8, 4) is 0 Å². The van der Waals surface area contributed by atoms with Crippen LogP contribution >= 0.6 is 11.6 Å². The zero-order valence-electron chi connectivity index (χ0n) is 14.8. The van der Waals surface area contributed by atoms with Crippen molar-refractivity contribution in [1.82, 2.24) is 9.88 Å². The first kappa shape index (κ1) is 18.9. The molecule has 2 aromatic carbocycles. The number of aliphatic hydroxyl groups is 1. The number of fused-ring (bicyclic) bond motifs is 1. The number of halogens is 1. The van der Waals surface area contributed by atoms with Crippen molar-refractivity contribution < 1.29 is 9.90 Å². The molecule has 5 nitrogen and oxygen atoms in total. The number of aromatic nitrogens is 1. The Labute approximate surface area is 161 Å². The molecule has 27 heavy (non-hydrogen) atoms. The van der Waals surface area contributed by atoms with Crippen molar-refractivity contribution in [2.75, 3.05) is 13.7 Å². The van der Waals surface area contributed by atoms with E-state index in [1.165, 1.54) is 11.1 Å². The average Bonchev–Trinajstić information content (AvgIpc) is 2.68. The van der Waals surface area contributed by atoms with Gasteiger partial charge in [-0.05, 0) is 35.4 Å². The molecule has 3 aromatic rings. The van der Waals surface area contributed by atoms with Crippen molar-refractivity contribution in [2.45, 2.75) is 6.54 Å². The van der Waals surface area contributed by atoms with Gasteiger partial charge in [-0.3, -0.25) is 9.59 Å². The highest BCUT2D eigenvalue weighted by Gasteiger charge is 2.17. The third kappa shape index (κ3) is 4.27. The lowest BCUT2D eigenvalue weighted by molar-refractivity contribution is 0.0783. The lowest BCUT2D eigenvalue weighted by Gasteiger charge is -2.17. The van der Waals surface area contributed by atoms with E-state index in [9.17, 15) is 9.59 Å². The Morgan fingerprint density at radius 1 is 1.22 bits per heavy atom. The topological polar surface area (TPSA) is 73.4 Å². The number of rotatable bonds is 5. The predicted octanol–water partition coefficient (Wildman–Crippen LogP) is 3.46. The third-order valence-electron chi connectivity index (χ3n) is 4.23. The Kier molecular flexibility index (Phi) is 5.74. The van der Waals surface area contributed by atoms with E-state index >= 15 is 0 Å². The summed E-state index contributed by atoms with van der Waals surface area (Å²) in [4.78, 5) is 30.1. The van der Waals surface area contributed by atoms with Gasteiger partial charge in [0.1, 0.15) is 5.56 Å². The fraction of sp³-hybridized carbons (Fsp3) is 0.143. The molecule has 0 saturated carbocycles. The van der Waals surface area contributed by atoms with Crippen LogP contribution in [0.25, 0.3) is 17.0 Å². The van der Waals surface area contributed by atoms with Crippen LogP contribution in [0.2, 0.25) is 5.02 Å². The number of aromatic amines is 1. The Morgan fingerprint density at radius 3 is 2.67 bits per heavy atom. The van der Waals surface area contributed by atoms with E-state index in [1.807, 2.05) is 18.2 Å². The van der Waals surface area contributed by atoms with Gasteiger partial charge < -0.3 is 15.0 Å². The summed E-state index contributed by atoms with van der Waals surface area (Å²) in [5, 5.41) is 9.96. The van der Waals surface area contributed by atoms with Crippen molar-refractivity contribution in [1.29, 1.82) is 0 Å². The van der Waals surface area contributed by atoms with Gasteiger partial charge in [0.25, 0.3) is 5.91 Å². The first-order chi connectivity index (χ1) is 13.0. The van der Waals surface area contributed by atoms with Gasteiger partial charge in [-0.15, -0.1) is 0 Å². The zero-order valence-corrected chi connectivity index (χ0v) is 15.5. The number of amides is 1. The number of carbonyl (C=O) groups is 1. The van der Waals surface area contributed by atoms with Crippen LogP contribution in [0.4, 0.5) is 0 Å². The quantitative estimate of drug-likeness (QED) is 0.709. The standard InChI is InChI=1S/C21H19ClN2O3/c1-24(13-15-4-7-16(22)8-5-15)21(27)18-12-23-19-9-6-14(3-2-10-25)11-17(19)20(18)26/h2-9,11-12,25H,10,13H2,1H3,(H,23,26)/b3-2-. The number of benzene rings is 2. The molecular weight excluding hydrogens is 364 g/mol. The predicted molar refractivity (Wildman–Crippen MR) is 108 cm³/mol. The molecule has 0 fully saturated rings. The van der Waals surface area contributed by atoms with E-state index < -0.39 is 0 Å². The summed E-state index contributed by atoms with van der Waals surface area (Å²) in [5.74, 6) is -0.357. The Hall–Kier alpha value is -2.89. The molecule has 0 spiro atoms. The van der Waals surface area contributed by atoms with E-state index in [2.05, 4.69) is 4.98 Å². The van der Waals surface area contributed by atoms with Crippen LogP contribution in [0.1, 0.15) is 21.5 Å². The van der Waals surface area contributed by atoms with E-state index in [0.29, 0.717) is 22.5 Å². The largest absolute Gasteiger partial charge is 0.392 e. The van der Waals surface area contributed by atoms with Crippen LogP contribution in [0.3, 0.4) is 0 Å². The molecule has 0 atom stereocenters. The van der Waals surface area contributed by atoms with Gasteiger partial charge in [-0.1, -0.05) is 42.0 Å². The van der Waals surface area contributed by atoms with Gasteiger partial charge in [-0.25, -0.2) is 0 Å². The normalized spacial score (nSPS) is 11.2. The fourth-order valence-corrected chi connectivity index (χ4v) is 2.95. The van der Waals surface area contributed by atoms with Crippen LogP contribution in [-0.2, 0) is 6.54 Å². The van der Waals surface area contributed by atoms with Gasteiger partial charge in [0.2, 0.25) is 5.43 Å². The minimum atomic E-state index is -0.357. The molecular formula is C21H19ClN2O3. The van der Waals surface area contributed by atoms with Crippen LogP contribution < -0.4 is 5.43 Å². The SMILES string of the molecule is CN(Cc1ccc(Cl)cc1)C(=O)c1c[nH]c2ccc(/C=C\CO)cc2c1=O. The molecule has 138 valence electrons. The molecule has 6 heteroatoms. The second-order valence-electron chi connectivity index (χ2n) is 6.21. The van der Waals surface area contributed by atoms with Gasteiger partial charge in [0, 0.05) is 35.7 Å². The number of hydrogen-bond acceptors (Lipinski definition) is 3. The summed E-state index contributed by atoms with van der Waals surface area (Å²) >= 11 is 5.88. The van der Waals surface area contributed by atoms with Crippen LogP contribution in [-0.4, -0.2) is 34.6 Å². The molecule has 1 amide bonds. The number of aliphatic hydroxyl groups excluding tert-OH is 1. The smallest absolute Gasteiger partial charge is 0.259 e. The molecule has 0 unspecified atom stereocenters. The number of carbonyl (C=O) groups excluding carboxylic acids is 1. The lowest BCUT2D eigenvalue weighted by Crippen LogP contribution is -2.30. The van der Waals surface area contributed by atoms with Gasteiger partial charge in [0.05, 0.1) is 6.61 Å². The number of H-pyrrole nitrogens is 1. The molecule has 1 aromatic heterocycles. The average molecular weight is 383 g/mol. The zero-order chi connectivity index (χ0) is 19.4. The lowest BCUT2D eigenvalue weighted by atomic mass is 10.1. The molecule has 0 aliphatic carbocycles. The van der Waals surface area contributed by atoms with E-state index in [-0.39, 0.29) is 23.5 Å². The Morgan fingerprint density at radius 2 is 1.96 bits per heavy atom. The van der Waals surface area contributed by atoms with Gasteiger partial charge in [-0.2, -0.15) is 0 Å². The molecule has 1 heterocycles. The summed E-state index contributed by atoms with van der Waals surface area (Å²) in [6, 6.07) is 12.5. The van der Waals surface area contributed by atoms with Crippen LogP contribution in [0.15, 0.2) is 59.5 Å². The molecule has 0 aliphatic rings. The summed E-state index contributed by atoms with van der Waals surface area (Å²) < 4.78 is 0. The van der Waals surface area contributed by atoms with Gasteiger partial charge >= 0.3 is 0 Å². The molecule has 3 rings (SSSR count). The molecule has 2 N–H and O–H groups in total. The number of nitrogens with one attached hydrogen (secondary N) is 1. The Bertz CT molecular complexity index is 1060. The maximum absolute atomic E-state index is 12.8. The van der Waals surface area contributed by atoms with Crippen molar-refractivity contribution in [2.24, 2.45) is 0 Å². The van der Waals surface area contributed by atoms with E-state index in [1.54, 1.807) is 43.5 Å². The minimum Gasteiger partial charge on any atom is -0.392 e. The highest BCUT2D eigenvalue weighted by molar-refractivity contribution is 6.30. The number of hydrogen-bond donors (Lipinski definition) is 2. The molecule has 0 saturated heterocycles. The summed E-state index contributed by atoms with van der Waals surface area (Å²) in [6.45, 7) is 0.287. The van der Waals surface area contributed by atoms with E-state index in [0.717, 1.165) is 11.1 Å². The maximum Gasteiger partial charge on any atom is 0.259 e. The Balaban J connectivity index is 1.91. The van der Waals surface area contributed by atoms with Crippen LogP contribution in [0.5, 0.6) is 0 Å². The van der Waals surface area contributed by atoms with Crippen LogP contribution in [0, 0.1) is 0 Å². The van der Waals surface area contributed by atoms with E-state index in [4.69, 9.17) is 16.7 Å². The second-order valence-corrected chi connectivity index (χ2v) is 6.65. The highest BCUT2D eigenvalue weighted by Crippen LogP contribution is 2.15. The van der Waals surface area contributed by atoms with Crippen molar-refractivity contribution >= 4 is 34.5 Å². The summed E-state index contributed by atoms with van der Waals surface area (Å²) in [5.41, 5.74) is 2.11. The summed E-state index contributed by atoms with van der Waals surface area (Å²) in [7, 11) is 1.65. The van der Waals surface area contributed by atoms with Crippen molar-refractivity contribution in [3.05, 3.63) is 86.7 Å². The monoisotopic (exact) mass is 382 g/mol. The second kappa shape index (κ2) is 8.20. The van der Waals surface area contributed by atoms with Gasteiger partial charge in [0.15, 0.2) is 0 Å². The maximum atomic E-state index is 12.8. The first-order valence-corrected chi connectivity index (χ1v) is 8.80. The number of pyridine rings is 1. The van der Waals surface area contributed by atoms with Crippen molar-refractivity contribution in [3.63, 3.8) is 0 Å². The molecule has 0 bridgehead atoms. The highest BCUT2D eigenvalue weighted by atomic mass is 35.5. The molecule has 0 aliphatic heterocycles. The minimum absolute atomic E-state index is 0.0809. The third-order valence-corrected chi connectivity index (χ3v) is 4.48. The number of nitrogens with zero attached hydrogens (tertiary/aromatic N) is 1. The fourth-order valence-electron chi connectivity index (χ4n) is 2.83. The summed E-state index contributed by atoms with van der Waals surface area (Å²) in [6.07, 6.45) is 4.76. The molecule has 0 radical (unpaired) electrons.